The number of ether oxygens (including phenoxy) is 1. The van der Waals surface area contributed by atoms with Crippen LogP contribution in [0.4, 0.5) is 0 Å². The third-order valence-corrected chi connectivity index (χ3v) is 4.34. The van der Waals surface area contributed by atoms with Crippen molar-refractivity contribution in [2.24, 2.45) is 5.92 Å². The molecule has 1 aromatic carbocycles. The standard InChI is InChI=1S/C17H24N2O2/c1-13(14-8-11-20-12-9-14)18-10-4-7-17-19-15-5-2-3-6-16(15)21-17/h2-3,5-6,13-14,18H,4,7-12H2,1H3/t13-/m1/s1. The van der Waals surface area contributed by atoms with Crippen molar-refractivity contribution in [2.75, 3.05) is 19.8 Å². The Bertz CT molecular complexity index is 528. The fourth-order valence-electron chi connectivity index (χ4n) is 2.98. The fourth-order valence-corrected chi connectivity index (χ4v) is 2.98. The maximum atomic E-state index is 5.74. The second kappa shape index (κ2) is 7.05. The second-order valence-electron chi connectivity index (χ2n) is 5.87. The first-order valence-electron chi connectivity index (χ1n) is 7.98. The molecular formula is C17H24N2O2. The van der Waals surface area contributed by atoms with Gasteiger partial charge in [0.25, 0.3) is 0 Å². The summed E-state index contributed by atoms with van der Waals surface area (Å²) < 4.78 is 11.1. The molecule has 4 nitrogen and oxygen atoms in total. The first-order chi connectivity index (χ1) is 10.3. The summed E-state index contributed by atoms with van der Waals surface area (Å²) in [5.74, 6) is 1.60. The summed E-state index contributed by atoms with van der Waals surface area (Å²) in [6.07, 6.45) is 4.31. The van der Waals surface area contributed by atoms with E-state index < -0.39 is 0 Å². The summed E-state index contributed by atoms with van der Waals surface area (Å²) in [6, 6.07) is 8.50. The summed E-state index contributed by atoms with van der Waals surface area (Å²) in [4.78, 5) is 4.51. The smallest absolute Gasteiger partial charge is 0.195 e. The number of hydrogen-bond acceptors (Lipinski definition) is 4. The van der Waals surface area contributed by atoms with E-state index in [1.807, 2.05) is 24.3 Å². The summed E-state index contributed by atoms with van der Waals surface area (Å²) in [7, 11) is 0. The Morgan fingerprint density at radius 2 is 2.10 bits per heavy atom. The van der Waals surface area contributed by atoms with E-state index in [0.717, 1.165) is 55.5 Å². The maximum absolute atomic E-state index is 5.74. The highest BCUT2D eigenvalue weighted by atomic mass is 16.5. The van der Waals surface area contributed by atoms with Gasteiger partial charge in [0.2, 0.25) is 0 Å². The normalized spacial score (nSPS) is 18.1. The molecule has 4 heteroatoms. The van der Waals surface area contributed by atoms with Crippen LogP contribution in [-0.4, -0.2) is 30.8 Å². The van der Waals surface area contributed by atoms with Crippen molar-refractivity contribution in [3.05, 3.63) is 30.2 Å². The van der Waals surface area contributed by atoms with Crippen LogP contribution in [0.15, 0.2) is 28.7 Å². The fraction of sp³-hybridized carbons (Fsp3) is 0.588. The Balaban J connectivity index is 1.41. The first-order valence-corrected chi connectivity index (χ1v) is 7.98. The monoisotopic (exact) mass is 288 g/mol. The predicted octanol–water partition coefficient (Wildman–Crippen LogP) is 3.17. The number of benzene rings is 1. The van der Waals surface area contributed by atoms with E-state index in [-0.39, 0.29) is 0 Å². The molecule has 1 aromatic heterocycles. The zero-order valence-corrected chi connectivity index (χ0v) is 12.7. The van der Waals surface area contributed by atoms with Gasteiger partial charge in [0, 0.05) is 25.7 Å². The Morgan fingerprint density at radius 3 is 2.90 bits per heavy atom. The summed E-state index contributed by atoms with van der Waals surface area (Å²) in [6.45, 7) is 5.13. The quantitative estimate of drug-likeness (QED) is 0.829. The molecule has 0 unspecified atom stereocenters. The van der Waals surface area contributed by atoms with Crippen molar-refractivity contribution in [3.63, 3.8) is 0 Å². The lowest BCUT2D eigenvalue weighted by Gasteiger charge is -2.28. The third-order valence-electron chi connectivity index (χ3n) is 4.34. The van der Waals surface area contributed by atoms with Gasteiger partial charge in [0.15, 0.2) is 11.5 Å². The van der Waals surface area contributed by atoms with Crippen molar-refractivity contribution in [2.45, 2.75) is 38.6 Å². The highest BCUT2D eigenvalue weighted by molar-refractivity contribution is 5.72. The van der Waals surface area contributed by atoms with Gasteiger partial charge >= 0.3 is 0 Å². The van der Waals surface area contributed by atoms with Gasteiger partial charge in [-0.15, -0.1) is 0 Å². The second-order valence-corrected chi connectivity index (χ2v) is 5.87. The van der Waals surface area contributed by atoms with Crippen LogP contribution in [0.1, 0.15) is 32.1 Å². The van der Waals surface area contributed by atoms with Gasteiger partial charge in [-0.2, -0.15) is 0 Å². The van der Waals surface area contributed by atoms with Crippen molar-refractivity contribution >= 4 is 11.1 Å². The largest absolute Gasteiger partial charge is 0.441 e. The van der Waals surface area contributed by atoms with Crippen LogP contribution in [0, 0.1) is 5.92 Å². The van der Waals surface area contributed by atoms with Crippen LogP contribution >= 0.6 is 0 Å². The zero-order chi connectivity index (χ0) is 14.5. The lowest BCUT2D eigenvalue weighted by atomic mass is 9.93. The molecular weight excluding hydrogens is 264 g/mol. The number of aromatic nitrogens is 1. The average molecular weight is 288 g/mol. The molecule has 1 N–H and O–H groups in total. The number of aryl methyl sites for hydroxylation is 1. The van der Waals surface area contributed by atoms with Crippen LogP contribution in [0.5, 0.6) is 0 Å². The molecule has 0 radical (unpaired) electrons. The first kappa shape index (κ1) is 14.5. The van der Waals surface area contributed by atoms with Gasteiger partial charge in [-0.1, -0.05) is 12.1 Å². The maximum Gasteiger partial charge on any atom is 0.195 e. The number of nitrogens with zero attached hydrogens (tertiary/aromatic N) is 1. The minimum atomic E-state index is 0.567. The molecule has 0 saturated carbocycles. The molecule has 0 spiro atoms. The molecule has 114 valence electrons. The van der Waals surface area contributed by atoms with Crippen LogP contribution in [0.25, 0.3) is 11.1 Å². The van der Waals surface area contributed by atoms with E-state index in [0.29, 0.717) is 6.04 Å². The van der Waals surface area contributed by atoms with E-state index in [9.17, 15) is 0 Å². The van der Waals surface area contributed by atoms with E-state index >= 15 is 0 Å². The van der Waals surface area contributed by atoms with Gasteiger partial charge in [0.1, 0.15) is 5.52 Å². The number of oxazole rings is 1. The van der Waals surface area contributed by atoms with Crippen molar-refractivity contribution < 1.29 is 9.15 Å². The summed E-state index contributed by atoms with van der Waals surface area (Å²) in [5, 5.41) is 3.63. The highest BCUT2D eigenvalue weighted by Crippen LogP contribution is 2.19. The zero-order valence-electron chi connectivity index (χ0n) is 12.7. The Morgan fingerprint density at radius 1 is 1.29 bits per heavy atom. The molecule has 0 amide bonds. The predicted molar refractivity (Wildman–Crippen MR) is 83.3 cm³/mol. The topological polar surface area (TPSA) is 47.3 Å². The van der Waals surface area contributed by atoms with Gasteiger partial charge in [-0.25, -0.2) is 4.98 Å². The Labute approximate surface area is 125 Å². The van der Waals surface area contributed by atoms with Crippen molar-refractivity contribution in [1.82, 2.24) is 10.3 Å². The Hall–Kier alpha value is -1.39. The lowest BCUT2D eigenvalue weighted by molar-refractivity contribution is 0.0560. The molecule has 3 rings (SSSR count). The number of rotatable bonds is 6. The minimum Gasteiger partial charge on any atom is -0.441 e. The molecule has 2 aromatic rings. The van der Waals surface area contributed by atoms with Crippen molar-refractivity contribution in [1.29, 1.82) is 0 Å². The van der Waals surface area contributed by atoms with E-state index in [4.69, 9.17) is 9.15 Å². The highest BCUT2D eigenvalue weighted by Gasteiger charge is 2.19. The van der Waals surface area contributed by atoms with Crippen LogP contribution in [0.3, 0.4) is 0 Å². The number of fused-ring (bicyclic) bond motifs is 1. The van der Waals surface area contributed by atoms with Gasteiger partial charge < -0.3 is 14.5 Å². The van der Waals surface area contributed by atoms with Crippen LogP contribution < -0.4 is 5.32 Å². The molecule has 21 heavy (non-hydrogen) atoms. The number of para-hydroxylation sites is 2. The molecule has 1 saturated heterocycles. The van der Waals surface area contributed by atoms with Gasteiger partial charge in [-0.3, -0.25) is 0 Å². The van der Waals surface area contributed by atoms with E-state index in [1.54, 1.807) is 0 Å². The van der Waals surface area contributed by atoms with Crippen LogP contribution in [0.2, 0.25) is 0 Å². The Kier molecular flexibility index (Phi) is 4.88. The average Bonchev–Trinajstić information content (AvgIpc) is 2.95. The third kappa shape index (κ3) is 3.83. The summed E-state index contributed by atoms with van der Waals surface area (Å²) in [5.41, 5.74) is 1.84. The molecule has 0 aliphatic carbocycles. The lowest BCUT2D eigenvalue weighted by Crippen LogP contribution is -2.37. The summed E-state index contributed by atoms with van der Waals surface area (Å²) >= 11 is 0. The van der Waals surface area contributed by atoms with E-state index in [1.165, 1.54) is 12.8 Å². The van der Waals surface area contributed by atoms with Crippen molar-refractivity contribution in [3.8, 4) is 0 Å². The van der Waals surface area contributed by atoms with E-state index in [2.05, 4.69) is 17.2 Å². The molecule has 0 bridgehead atoms. The van der Waals surface area contributed by atoms with Gasteiger partial charge in [-0.05, 0) is 50.8 Å². The minimum absolute atomic E-state index is 0.567. The molecule has 1 aliphatic rings. The molecule has 1 fully saturated rings. The molecule has 1 atom stereocenters. The number of nitrogens with one attached hydrogen (secondary N) is 1. The molecule has 1 aliphatic heterocycles. The molecule has 2 heterocycles. The SMILES string of the molecule is C[C@@H](NCCCc1nc2ccccc2o1)C1CCOCC1. The number of hydrogen-bond donors (Lipinski definition) is 1. The van der Waals surface area contributed by atoms with Gasteiger partial charge in [0.05, 0.1) is 0 Å². The van der Waals surface area contributed by atoms with Crippen LogP contribution in [-0.2, 0) is 11.2 Å².